The molecule has 6 aromatic rings. The Morgan fingerprint density at radius 3 is 1.13 bits per heavy atom. The summed E-state index contributed by atoms with van der Waals surface area (Å²) in [6.07, 6.45) is 7.27. The molecule has 0 unspecified atom stereocenters. The third-order valence-corrected chi connectivity index (χ3v) is 8.94. The van der Waals surface area contributed by atoms with Gasteiger partial charge < -0.3 is 47.4 Å². The van der Waals surface area contributed by atoms with Crippen molar-refractivity contribution in [2.45, 2.75) is 6.92 Å². The third kappa shape index (κ3) is 9.87. The highest BCUT2D eigenvalue weighted by atomic mass is 16.6. The molecule has 62 heavy (non-hydrogen) atoms. The lowest BCUT2D eigenvalue weighted by atomic mass is 10.1. The molecule has 6 rings (SSSR count). The zero-order chi connectivity index (χ0) is 44.2. The Labute approximate surface area is 356 Å². The molecule has 0 bridgehead atoms. The van der Waals surface area contributed by atoms with Crippen LogP contribution >= 0.6 is 0 Å². The molecule has 0 heterocycles. The summed E-state index contributed by atoms with van der Waals surface area (Å²) in [5.74, 6) is -0.471. The molecule has 0 amide bonds. The molecule has 0 aliphatic heterocycles. The highest BCUT2D eigenvalue weighted by Gasteiger charge is 2.24. The normalized spacial score (nSPS) is 10.3. The van der Waals surface area contributed by atoms with E-state index in [2.05, 4.69) is 0 Å². The average molecular weight is 839 g/mol. The van der Waals surface area contributed by atoms with E-state index in [-0.39, 0.29) is 62.5 Å². The van der Waals surface area contributed by atoms with E-state index in [0.29, 0.717) is 23.9 Å². The molecule has 0 spiro atoms. The van der Waals surface area contributed by atoms with Crippen LogP contribution in [0.4, 0.5) is 0 Å². The van der Waals surface area contributed by atoms with Gasteiger partial charge in [0.2, 0.25) is 11.5 Å². The molecule has 0 saturated heterocycles. The summed E-state index contributed by atoms with van der Waals surface area (Å²) >= 11 is 0. The molecule has 0 aliphatic rings. The second-order valence-corrected chi connectivity index (χ2v) is 12.7. The van der Waals surface area contributed by atoms with Crippen molar-refractivity contribution in [3.63, 3.8) is 0 Å². The van der Waals surface area contributed by atoms with E-state index >= 15 is 0 Å². The highest BCUT2D eigenvalue weighted by molar-refractivity contribution is 5.97. The maximum atomic E-state index is 13.0. The predicted octanol–water partition coefficient (Wildman–Crippen LogP) is 8.63. The highest BCUT2D eigenvalue weighted by Crippen LogP contribution is 2.41. The fourth-order valence-electron chi connectivity index (χ4n) is 6.02. The van der Waals surface area contributed by atoms with Gasteiger partial charge in [0.05, 0.1) is 46.2 Å². The van der Waals surface area contributed by atoms with Crippen molar-refractivity contribution < 1.29 is 66.5 Å². The van der Waals surface area contributed by atoms with Gasteiger partial charge in [-0.1, -0.05) is 30.7 Å². The van der Waals surface area contributed by atoms with E-state index in [1.807, 2.05) is 13.0 Å². The number of benzene rings is 6. The zero-order valence-electron chi connectivity index (χ0n) is 34.0. The molecule has 6 aromatic carbocycles. The van der Waals surface area contributed by atoms with Crippen LogP contribution in [0.15, 0.2) is 121 Å². The lowest BCUT2D eigenvalue weighted by Crippen LogP contribution is -2.12. The van der Waals surface area contributed by atoms with E-state index in [4.69, 9.17) is 53.8 Å². The molecule has 314 valence electrons. The van der Waals surface area contributed by atoms with Crippen molar-refractivity contribution in [2.24, 2.45) is 0 Å². The van der Waals surface area contributed by atoms with Crippen LogP contribution in [0.2, 0.25) is 0 Å². The zero-order valence-corrected chi connectivity index (χ0v) is 34.0. The number of terminal acetylenes is 1. The van der Waals surface area contributed by atoms with Crippen molar-refractivity contribution >= 4 is 23.9 Å². The quantitative estimate of drug-likeness (QED) is 0.0517. The summed E-state index contributed by atoms with van der Waals surface area (Å²) in [5, 5.41) is 0. The van der Waals surface area contributed by atoms with Gasteiger partial charge in [-0.15, -0.1) is 0 Å². The van der Waals surface area contributed by atoms with Gasteiger partial charge in [0.15, 0.2) is 23.0 Å². The first-order chi connectivity index (χ1) is 30.1. The molecule has 0 aromatic heterocycles. The van der Waals surface area contributed by atoms with E-state index in [9.17, 15) is 19.2 Å². The van der Waals surface area contributed by atoms with Crippen LogP contribution in [0.25, 0.3) is 11.1 Å². The lowest BCUT2D eigenvalue weighted by Gasteiger charge is -2.16. The largest absolute Gasteiger partial charge is 0.492 e. The Hall–Kier alpha value is -8.44. The fourth-order valence-corrected chi connectivity index (χ4v) is 6.02. The number of carbonyl (C=O) groups is 4. The summed E-state index contributed by atoms with van der Waals surface area (Å²) in [4.78, 5) is 51.8. The standard InChI is InChI=1S/C48H38O14/c1-7-57-39-27-25-37(41(53-3)43(39)55-5)47(51)61-35-21-13-31(14-22-35)45(49)59-33-17-9-29(10-18-33)30-11-19-34(20-12-30)60-46(50)32-15-23-36(24-16-32)62-48(52)38-26-28-40(58-8-2)44(56-6)42(38)54-4/h1,9-28H,8H2,2-6H3. The van der Waals surface area contributed by atoms with Crippen molar-refractivity contribution in [3.05, 3.63) is 144 Å². The van der Waals surface area contributed by atoms with Gasteiger partial charge in [-0.3, -0.25) is 0 Å². The van der Waals surface area contributed by atoms with Gasteiger partial charge >= 0.3 is 23.9 Å². The Morgan fingerprint density at radius 2 is 0.774 bits per heavy atom. The van der Waals surface area contributed by atoms with Crippen molar-refractivity contribution in [1.82, 2.24) is 0 Å². The molecule has 14 heteroatoms. The minimum atomic E-state index is -0.742. The molecule has 14 nitrogen and oxygen atoms in total. The molecular formula is C48H38O14. The molecule has 0 aliphatic carbocycles. The summed E-state index contributed by atoms with van der Waals surface area (Å²) < 4.78 is 54.2. The summed E-state index contributed by atoms with van der Waals surface area (Å²) in [5.41, 5.74) is 2.27. The molecule has 0 saturated carbocycles. The SMILES string of the molecule is C#COc1ccc(C(=O)Oc2ccc(C(=O)Oc3ccc(-c4ccc(OC(=O)c5ccc(OC(=O)c6ccc(OCC)c(OC)c6OC)cc5)cc4)cc3)cc2)c(OC)c1OC. The summed E-state index contributed by atoms with van der Waals surface area (Å²) in [6, 6.07) is 31.4. The van der Waals surface area contributed by atoms with E-state index in [0.717, 1.165) is 11.1 Å². The molecule has 0 atom stereocenters. The predicted molar refractivity (Wildman–Crippen MR) is 224 cm³/mol. The van der Waals surface area contributed by atoms with E-state index in [1.54, 1.807) is 54.6 Å². The minimum Gasteiger partial charge on any atom is -0.492 e. The Balaban J connectivity index is 1.01. The maximum Gasteiger partial charge on any atom is 0.347 e. The number of carbonyl (C=O) groups excluding carboxylic acids is 4. The summed E-state index contributed by atoms with van der Waals surface area (Å²) in [7, 11) is 5.58. The first kappa shape index (κ1) is 43.1. The van der Waals surface area contributed by atoms with Crippen molar-refractivity contribution in [2.75, 3.05) is 35.0 Å². The van der Waals surface area contributed by atoms with Gasteiger partial charge in [0, 0.05) is 0 Å². The number of esters is 4. The number of ether oxygens (including phenoxy) is 10. The van der Waals surface area contributed by atoms with Crippen molar-refractivity contribution in [1.29, 1.82) is 0 Å². The fraction of sp³-hybridized carbons (Fsp3) is 0.125. The molecule has 0 fully saturated rings. The molecule has 0 radical (unpaired) electrons. The van der Waals surface area contributed by atoms with Crippen LogP contribution in [0.3, 0.4) is 0 Å². The second kappa shape index (κ2) is 20.0. The molecule has 0 N–H and O–H groups in total. The smallest absolute Gasteiger partial charge is 0.347 e. The van der Waals surface area contributed by atoms with Crippen LogP contribution in [0.5, 0.6) is 57.5 Å². The Kier molecular flexibility index (Phi) is 13.9. The van der Waals surface area contributed by atoms with Gasteiger partial charge in [0.1, 0.15) is 40.2 Å². The van der Waals surface area contributed by atoms with Gasteiger partial charge in [-0.2, -0.15) is 0 Å². The number of hydrogen-bond donors (Lipinski definition) is 0. The average Bonchev–Trinajstić information content (AvgIpc) is 3.29. The van der Waals surface area contributed by atoms with Gasteiger partial charge in [-0.05, 0) is 115 Å². The third-order valence-electron chi connectivity index (χ3n) is 8.94. The minimum absolute atomic E-state index is 0.0628. The van der Waals surface area contributed by atoms with Gasteiger partial charge in [0.25, 0.3) is 0 Å². The van der Waals surface area contributed by atoms with Crippen LogP contribution in [0.1, 0.15) is 48.4 Å². The number of hydrogen-bond acceptors (Lipinski definition) is 14. The van der Waals surface area contributed by atoms with Crippen molar-refractivity contribution in [3.8, 4) is 81.2 Å². The monoisotopic (exact) mass is 838 g/mol. The lowest BCUT2D eigenvalue weighted by molar-refractivity contribution is 0.0717. The topological polar surface area (TPSA) is 161 Å². The van der Waals surface area contributed by atoms with Crippen LogP contribution in [-0.4, -0.2) is 58.9 Å². The van der Waals surface area contributed by atoms with Crippen LogP contribution < -0.4 is 47.4 Å². The number of rotatable bonds is 16. The van der Waals surface area contributed by atoms with Crippen LogP contribution in [-0.2, 0) is 0 Å². The second-order valence-electron chi connectivity index (χ2n) is 12.7. The van der Waals surface area contributed by atoms with Crippen LogP contribution in [0, 0.1) is 12.5 Å². The summed E-state index contributed by atoms with van der Waals surface area (Å²) in [6.45, 7) is 2.22. The first-order valence-electron chi connectivity index (χ1n) is 18.7. The Morgan fingerprint density at radius 1 is 0.435 bits per heavy atom. The van der Waals surface area contributed by atoms with E-state index < -0.39 is 23.9 Å². The van der Waals surface area contributed by atoms with Gasteiger partial charge in [-0.25, -0.2) is 19.2 Å². The Bertz CT molecular complexity index is 2610. The number of methoxy groups -OCH3 is 4. The molecular weight excluding hydrogens is 801 g/mol. The van der Waals surface area contributed by atoms with E-state index in [1.165, 1.54) is 95.2 Å². The maximum absolute atomic E-state index is 13.0. The first-order valence-corrected chi connectivity index (χ1v) is 18.7.